The van der Waals surface area contributed by atoms with Crippen molar-refractivity contribution in [2.24, 2.45) is 0 Å². The quantitative estimate of drug-likeness (QED) is 0.690. The third-order valence-electron chi connectivity index (χ3n) is 5.45. The molecule has 30 heavy (non-hydrogen) atoms. The second kappa shape index (κ2) is 8.24. The summed E-state index contributed by atoms with van der Waals surface area (Å²) in [6.45, 7) is 9.38. The van der Waals surface area contributed by atoms with Crippen LogP contribution in [-0.2, 0) is 17.9 Å². The maximum Gasteiger partial charge on any atom is 0.319 e. The minimum absolute atomic E-state index is 0.0174. The molecular formula is C23H23ClN4O2. The molecule has 0 aliphatic carbocycles. The fourth-order valence-corrected chi connectivity index (χ4v) is 4.03. The van der Waals surface area contributed by atoms with Crippen molar-refractivity contribution in [3.63, 3.8) is 0 Å². The van der Waals surface area contributed by atoms with Crippen molar-refractivity contribution in [3.8, 4) is 0 Å². The molecule has 154 valence electrons. The number of fused-ring (bicyclic) bond motifs is 1. The molecule has 2 aliphatic heterocycles. The first-order valence-corrected chi connectivity index (χ1v) is 10.2. The number of urea groups is 1. The second-order valence-electron chi connectivity index (χ2n) is 7.51. The fraction of sp³-hybridized carbons (Fsp3) is 0.217. The number of hydrogen-bond acceptors (Lipinski definition) is 3. The van der Waals surface area contributed by atoms with E-state index >= 15 is 0 Å². The Morgan fingerprint density at radius 2 is 1.97 bits per heavy atom. The minimum Gasteiger partial charge on any atom is -0.359 e. The molecule has 1 fully saturated rings. The highest BCUT2D eigenvalue weighted by atomic mass is 35.5. The summed E-state index contributed by atoms with van der Waals surface area (Å²) in [5.41, 5.74) is 5.59. The van der Waals surface area contributed by atoms with Crippen LogP contribution in [-0.4, -0.2) is 22.9 Å². The largest absolute Gasteiger partial charge is 0.359 e. The predicted molar refractivity (Wildman–Crippen MR) is 119 cm³/mol. The summed E-state index contributed by atoms with van der Waals surface area (Å²) >= 11 is 5.86. The van der Waals surface area contributed by atoms with Gasteiger partial charge >= 0.3 is 6.03 Å². The zero-order valence-electron chi connectivity index (χ0n) is 16.5. The van der Waals surface area contributed by atoms with Crippen molar-refractivity contribution >= 4 is 34.9 Å². The molecule has 0 saturated carbocycles. The van der Waals surface area contributed by atoms with Gasteiger partial charge in [-0.3, -0.25) is 4.79 Å². The zero-order chi connectivity index (χ0) is 21.3. The van der Waals surface area contributed by atoms with E-state index in [1.165, 1.54) is 0 Å². The SMILES string of the molecule is C=C1NC(=O)CCC1N1Cc2cc(CNC(=O)Nc3ccc(Cl)cc3)ccc2C1=C. The van der Waals surface area contributed by atoms with Crippen LogP contribution in [0.15, 0.2) is 61.3 Å². The van der Waals surface area contributed by atoms with Crippen LogP contribution in [0.4, 0.5) is 10.5 Å². The first-order valence-electron chi connectivity index (χ1n) is 9.77. The van der Waals surface area contributed by atoms with Gasteiger partial charge in [0.1, 0.15) is 0 Å². The molecule has 1 atom stereocenters. The zero-order valence-corrected chi connectivity index (χ0v) is 17.3. The number of hydrogen-bond donors (Lipinski definition) is 3. The van der Waals surface area contributed by atoms with Crippen LogP contribution in [0.2, 0.25) is 5.02 Å². The third kappa shape index (κ3) is 4.19. The van der Waals surface area contributed by atoms with Crippen LogP contribution in [0, 0.1) is 0 Å². The maximum absolute atomic E-state index is 12.2. The molecule has 3 N–H and O–H groups in total. The Labute approximate surface area is 180 Å². The van der Waals surface area contributed by atoms with Gasteiger partial charge in [0.05, 0.1) is 6.04 Å². The third-order valence-corrected chi connectivity index (χ3v) is 5.70. The van der Waals surface area contributed by atoms with Gasteiger partial charge in [-0.2, -0.15) is 0 Å². The lowest BCUT2D eigenvalue weighted by Gasteiger charge is -2.34. The number of carbonyl (C=O) groups is 2. The summed E-state index contributed by atoms with van der Waals surface area (Å²) in [7, 11) is 0. The Bertz CT molecular complexity index is 1030. The van der Waals surface area contributed by atoms with E-state index < -0.39 is 0 Å². The Morgan fingerprint density at radius 3 is 2.70 bits per heavy atom. The summed E-state index contributed by atoms with van der Waals surface area (Å²) in [4.78, 5) is 25.9. The van der Waals surface area contributed by atoms with Crippen LogP contribution in [0.1, 0.15) is 29.5 Å². The smallest absolute Gasteiger partial charge is 0.319 e. The predicted octanol–water partition coefficient (Wildman–Crippen LogP) is 4.24. The van der Waals surface area contributed by atoms with E-state index in [1.807, 2.05) is 12.1 Å². The highest BCUT2D eigenvalue weighted by molar-refractivity contribution is 6.30. The molecule has 1 unspecified atom stereocenters. The molecule has 2 heterocycles. The Morgan fingerprint density at radius 1 is 1.20 bits per heavy atom. The average Bonchev–Trinajstić information content (AvgIpc) is 3.04. The van der Waals surface area contributed by atoms with Gasteiger partial charge in [0, 0.05) is 47.2 Å². The van der Waals surface area contributed by atoms with E-state index in [2.05, 4.69) is 40.1 Å². The van der Waals surface area contributed by atoms with Gasteiger partial charge in [0.25, 0.3) is 0 Å². The summed E-state index contributed by atoms with van der Waals surface area (Å²) < 4.78 is 0. The Balaban J connectivity index is 1.38. The lowest BCUT2D eigenvalue weighted by Crippen LogP contribution is -2.43. The molecule has 4 rings (SSSR count). The first kappa shape index (κ1) is 20.0. The topological polar surface area (TPSA) is 73.5 Å². The lowest BCUT2D eigenvalue weighted by atomic mass is 10.0. The summed E-state index contributed by atoms with van der Waals surface area (Å²) in [6, 6.07) is 12.8. The molecule has 6 nitrogen and oxygen atoms in total. The minimum atomic E-state index is -0.280. The Hall–Kier alpha value is -3.25. The number of halogens is 1. The molecule has 0 bridgehead atoms. The number of nitrogens with one attached hydrogen (secondary N) is 3. The molecule has 3 amide bonds. The number of carbonyl (C=O) groups excluding carboxylic acids is 2. The van der Waals surface area contributed by atoms with Gasteiger partial charge in [-0.25, -0.2) is 4.79 Å². The number of benzene rings is 2. The van der Waals surface area contributed by atoms with Crippen molar-refractivity contribution in [1.82, 2.24) is 15.5 Å². The van der Waals surface area contributed by atoms with E-state index in [1.54, 1.807) is 24.3 Å². The molecule has 0 aromatic heterocycles. The van der Waals surface area contributed by atoms with Crippen molar-refractivity contribution < 1.29 is 9.59 Å². The number of piperidine rings is 1. The molecular weight excluding hydrogens is 400 g/mol. The van der Waals surface area contributed by atoms with Crippen molar-refractivity contribution in [2.45, 2.75) is 32.0 Å². The van der Waals surface area contributed by atoms with Crippen molar-refractivity contribution in [2.75, 3.05) is 5.32 Å². The molecule has 2 aromatic rings. The van der Waals surface area contributed by atoms with E-state index in [-0.39, 0.29) is 18.0 Å². The van der Waals surface area contributed by atoms with E-state index in [9.17, 15) is 9.59 Å². The number of nitrogens with zero attached hydrogens (tertiary/aromatic N) is 1. The van der Waals surface area contributed by atoms with Gasteiger partial charge in [0.15, 0.2) is 0 Å². The van der Waals surface area contributed by atoms with E-state index in [4.69, 9.17) is 11.6 Å². The summed E-state index contributed by atoms with van der Waals surface area (Å²) in [6.07, 6.45) is 1.22. The molecule has 1 saturated heterocycles. The van der Waals surface area contributed by atoms with Crippen LogP contribution < -0.4 is 16.0 Å². The van der Waals surface area contributed by atoms with Crippen LogP contribution in [0.3, 0.4) is 0 Å². The summed E-state index contributed by atoms with van der Waals surface area (Å²) in [5, 5.41) is 9.11. The molecule has 2 aliphatic rings. The standard InChI is InChI=1S/C23H23ClN4O2/c1-14-21(9-10-22(29)26-14)28-13-17-11-16(3-8-20(17)15(28)2)12-25-23(30)27-19-6-4-18(24)5-7-19/h3-8,11,21H,1-2,9-10,12-13H2,(H,26,29)(H2,25,27,30). The van der Waals surface area contributed by atoms with Gasteiger partial charge < -0.3 is 20.9 Å². The van der Waals surface area contributed by atoms with Gasteiger partial charge in [-0.1, -0.05) is 43.0 Å². The maximum atomic E-state index is 12.2. The molecule has 0 radical (unpaired) electrons. The Kier molecular flexibility index (Phi) is 5.50. The second-order valence-corrected chi connectivity index (χ2v) is 7.94. The lowest BCUT2D eigenvalue weighted by molar-refractivity contribution is -0.121. The number of anilines is 1. The van der Waals surface area contributed by atoms with Gasteiger partial charge in [0.2, 0.25) is 5.91 Å². The normalized spacial score (nSPS) is 18.1. The van der Waals surface area contributed by atoms with Crippen LogP contribution in [0.5, 0.6) is 0 Å². The first-order chi connectivity index (χ1) is 14.4. The fourth-order valence-electron chi connectivity index (χ4n) is 3.90. The highest BCUT2D eigenvalue weighted by Gasteiger charge is 2.33. The highest BCUT2D eigenvalue weighted by Crippen LogP contribution is 2.36. The average molecular weight is 423 g/mol. The van der Waals surface area contributed by atoms with E-state index in [0.29, 0.717) is 30.2 Å². The molecule has 7 heteroatoms. The number of rotatable bonds is 4. The summed E-state index contributed by atoms with van der Waals surface area (Å²) in [5.74, 6) is 0.0174. The van der Waals surface area contributed by atoms with Crippen molar-refractivity contribution in [1.29, 1.82) is 0 Å². The molecule has 2 aromatic carbocycles. The monoisotopic (exact) mass is 422 g/mol. The van der Waals surface area contributed by atoms with Gasteiger partial charge in [-0.05, 0) is 41.8 Å². The van der Waals surface area contributed by atoms with Crippen LogP contribution in [0.25, 0.3) is 5.70 Å². The van der Waals surface area contributed by atoms with Crippen LogP contribution >= 0.6 is 11.6 Å². The molecule has 0 spiro atoms. The number of amides is 3. The van der Waals surface area contributed by atoms with E-state index in [0.717, 1.165) is 34.5 Å². The van der Waals surface area contributed by atoms with Gasteiger partial charge in [-0.15, -0.1) is 0 Å². The van der Waals surface area contributed by atoms with Crippen molar-refractivity contribution in [3.05, 3.63) is 83.0 Å².